The van der Waals surface area contributed by atoms with Gasteiger partial charge in [0.1, 0.15) is 0 Å². The maximum Gasteiger partial charge on any atom is 0.0607 e. The molecule has 16 heavy (non-hydrogen) atoms. The van der Waals surface area contributed by atoms with Gasteiger partial charge in [0.2, 0.25) is 0 Å². The number of hydrogen-bond donors (Lipinski definition) is 0. The van der Waals surface area contributed by atoms with Crippen LogP contribution in [0.5, 0.6) is 0 Å². The molecule has 1 aromatic rings. The molecule has 0 radical (unpaired) electrons. The lowest BCUT2D eigenvalue weighted by atomic mass is 10.2. The Bertz CT molecular complexity index is 352. The highest BCUT2D eigenvalue weighted by Crippen LogP contribution is 2.03. The molecule has 0 heterocycles. The Morgan fingerprint density at radius 1 is 1.31 bits per heavy atom. The minimum Gasteiger partial charge on any atom is -0.295 e. The van der Waals surface area contributed by atoms with Crippen molar-refractivity contribution in [3.05, 3.63) is 48.0 Å². The minimum atomic E-state index is 0.849. The molecule has 0 atom stereocenters. The van der Waals surface area contributed by atoms with Crippen LogP contribution < -0.4 is 0 Å². The number of hydrazone groups is 1. The van der Waals surface area contributed by atoms with E-state index in [1.807, 2.05) is 31.1 Å². The number of rotatable bonds is 5. The van der Waals surface area contributed by atoms with Crippen molar-refractivity contribution in [3.8, 4) is 0 Å². The summed E-state index contributed by atoms with van der Waals surface area (Å²) in [6, 6.07) is 10.4. The van der Waals surface area contributed by atoms with Crippen molar-refractivity contribution in [2.75, 3.05) is 7.05 Å². The molecule has 0 saturated heterocycles. The third-order valence-corrected chi connectivity index (χ3v) is 2.27. The Balaban J connectivity index is 2.62. The van der Waals surface area contributed by atoms with Gasteiger partial charge < -0.3 is 0 Å². The Kier molecular flexibility index (Phi) is 5.34. The first-order valence-corrected chi connectivity index (χ1v) is 5.71. The summed E-state index contributed by atoms with van der Waals surface area (Å²) >= 11 is 0. The van der Waals surface area contributed by atoms with E-state index in [1.54, 1.807) is 0 Å². The molecule has 0 amide bonds. The fourth-order valence-corrected chi connectivity index (χ4v) is 1.52. The zero-order chi connectivity index (χ0) is 11.8. The molecule has 0 N–H and O–H groups in total. The van der Waals surface area contributed by atoms with Crippen LogP contribution in [0.25, 0.3) is 0 Å². The van der Waals surface area contributed by atoms with Gasteiger partial charge in [-0.05, 0) is 25.0 Å². The van der Waals surface area contributed by atoms with Gasteiger partial charge in [0.05, 0.1) is 12.3 Å². The van der Waals surface area contributed by atoms with Gasteiger partial charge in [0.15, 0.2) is 0 Å². The van der Waals surface area contributed by atoms with Gasteiger partial charge >= 0.3 is 0 Å². The largest absolute Gasteiger partial charge is 0.295 e. The quantitative estimate of drug-likeness (QED) is 0.543. The molecular weight excluding hydrogens is 196 g/mol. The summed E-state index contributed by atoms with van der Waals surface area (Å²) in [7, 11) is 2.01. The van der Waals surface area contributed by atoms with Crippen LogP contribution in [0, 0.1) is 0 Å². The van der Waals surface area contributed by atoms with E-state index in [1.165, 1.54) is 5.56 Å². The first kappa shape index (κ1) is 12.5. The fraction of sp³-hybridized carbons (Fsp3) is 0.357. The van der Waals surface area contributed by atoms with E-state index < -0.39 is 0 Å². The smallest absolute Gasteiger partial charge is 0.0607 e. The van der Waals surface area contributed by atoms with Gasteiger partial charge in [-0.2, -0.15) is 5.10 Å². The summed E-state index contributed by atoms with van der Waals surface area (Å²) in [5, 5.41) is 6.52. The molecule has 0 unspecified atom stereocenters. The molecule has 0 aliphatic heterocycles. The van der Waals surface area contributed by atoms with Crippen LogP contribution in [-0.4, -0.2) is 17.8 Å². The van der Waals surface area contributed by atoms with Crippen molar-refractivity contribution in [2.45, 2.75) is 26.8 Å². The van der Waals surface area contributed by atoms with Crippen molar-refractivity contribution < 1.29 is 0 Å². The van der Waals surface area contributed by atoms with Crippen LogP contribution in [0.4, 0.5) is 0 Å². The second-order valence-corrected chi connectivity index (χ2v) is 3.75. The van der Waals surface area contributed by atoms with Crippen LogP contribution in [0.15, 0.2) is 47.6 Å². The lowest BCUT2D eigenvalue weighted by Crippen LogP contribution is -2.13. The zero-order valence-corrected chi connectivity index (χ0v) is 10.4. The third kappa shape index (κ3) is 4.30. The standard InChI is InChI=1S/C14H20N2/c1-4-9-14(5-2)15-16(3)12-13-10-7-6-8-11-13/h4,6-11H,5,12H2,1-3H3/b9-4-,15-14+. The third-order valence-electron chi connectivity index (χ3n) is 2.27. The molecule has 0 aliphatic rings. The number of hydrogen-bond acceptors (Lipinski definition) is 2. The number of nitrogens with zero attached hydrogens (tertiary/aromatic N) is 2. The molecular formula is C14H20N2. The predicted octanol–water partition coefficient (Wildman–Crippen LogP) is 3.46. The molecule has 0 fully saturated rings. The van der Waals surface area contributed by atoms with Crippen LogP contribution >= 0.6 is 0 Å². The molecule has 0 aliphatic carbocycles. The Morgan fingerprint density at radius 2 is 2.00 bits per heavy atom. The van der Waals surface area contributed by atoms with Gasteiger partial charge in [0, 0.05) is 7.05 Å². The number of benzene rings is 1. The van der Waals surface area contributed by atoms with Gasteiger partial charge in [-0.3, -0.25) is 5.01 Å². The second-order valence-electron chi connectivity index (χ2n) is 3.75. The highest BCUT2D eigenvalue weighted by molar-refractivity contribution is 5.94. The van der Waals surface area contributed by atoms with Crippen LogP contribution in [0.2, 0.25) is 0 Å². The Hall–Kier alpha value is -1.57. The van der Waals surface area contributed by atoms with Crippen molar-refractivity contribution in [2.24, 2.45) is 5.10 Å². The average molecular weight is 216 g/mol. The van der Waals surface area contributed by atoms with E-state index in [9.17, 15) is 0 Å². The van der Waals surface area contributed by atoms with E-state index in [0.717, 1.165) is 18.7 Å². The van der Waals surface area contributed by atoms with Crippen LogP contribution in [-0.2, 0) is 6.54 Å². The lowest BCUT2D eigenvalue weighted by molar-refractivity contribution is 0.346. The first-order valence-electron chi connectivity index (χ1n) is 5.71. The fourth-order valence-electron chi connectivity index (χ4n) is 1.52. The van der Waals surface area contributed by atoms with Gasteiger partial charge in [-0.15, -0.1) is 0 Å². The van der Waals surface area contributed by atoms with Crippen LogP contribution in [0.1, 0.15) is 25.8 Å². The lowest BCUT2D eigenvalue weighted by Gasteiger charge is -2.14. The van der Waals surface area contributed by atoms with E-state index in [2.05, 4.69) is 42.4 Å². The maximum atomic E-state index is 4.54. The number of allylic oxidation sites excluding steroid dienone is 2. The normalized spacial score (nSPS) is 12.1. The van der Waals surface area contributed by atoms with Crippen molar-refractivity contribution in [1.82, 2.24) is 5.01 Å². The van der Waals surface area contributed by atoms with Crippen LogP contribution in [0.3, 0.4) is 0 Å². The van der Waals surface area contributed by atoms with Gasteiger partial charge in [0.25, 0.3) is 0 Å². The average Bonchev–Trinajstić information content (AvgIpc) is 2.29. The summed E-state index contributed by atoms with van der Waals surface area (Å²) in [6.45, 7) is 4.99. The molecule has 1 rings (SSSR count). The first-order chi connectivity index (χ1) is 7.76. The summed E-state index contributed by atoms with van der Waals surface area (Å²) in [6.07, 6.45) is 5.05. The maximum absolute atomic E-state index is 4.54. The van der Waals surface area contributed by atoms with E-state index in [-0.39, 0.29) is 0 Å². The highest BCUT2D eigenvalue weighted by atomic mass is 15.4. The molecule has 86 valence electrons. The van der Waals surface area contributed by atoms with E-state index in [0.29, 0.717) is 0 Å². The predicted molar refractivity (Wildman–Crippen MR) is 70.4 cm³/mol. The monoisotopic (exact) mass is 216 g/mol. The second kappa shape index (κ2) is 6.83. The molecule has 0 aromatic heterocycles. The van der Waals surface area contributed by atoms with E-state index >= 15 is 0 Å². The van der Waals surface area contributed by atoms with Crippen molar-refractivity contribution >= 4 is 5.71 Å². The molecule has 0 bridgehead atoms. The Labute approximate surface area is 98.3 Å². The summed E-state index contributed by atoms with van der Waals surface area (Å²) in [4.78, 5) is 0. The van der Waals surface area contributed by atoms with E-state index in [4.69, 9.17) is 0 Å². The highest BCUT2D eigenvalue weighted by Gasteiger charge is 1.97. The summed E-state index contributed by atoms with van der Waals surface area (Å²) in [5.74, 6) is 0. The topological polar surface area (TPSA) is 15.6 Å². The van der Waals surface area contributed by atoms with Crippen molar-refractivity contribution in [3.63, 3.8) is 0 Å². The summed E-state index contributed by atoms with van der Waals surface area (Å²) in [5.41, 5.74) is 2.39. The molecule has 2 nitrogen and oxygen atoms in total. The van der Waals surface area contributed by atoms with Gasteiger partial charge in [-0.25, -0.2) is 0 Å². The molecule has 0 spiro atoms. The molecule has 1 aromatic carbocycles. The SMILES string of the molecule is C/C=C\C(CC)=N\N(C)Cc1ccccc1. The zero-order valence-electron chi connectivity index (χ0n) is 10.4. The summed E-state index contributed by atoms with van der Waals surface area (Å²) < 4.78 is 0. The minimum absolute atomic E-state index is 0.849. The Morgan fingerprint density at radius 3 is 2.56 bits per heavy atom. The van der Waals surface area contributed by atoms with Crippen molar-refractivity contribution in [1.29, 1.82) is 0 Å². The van der Waals surface area contributed by atoms with Gasteiger partial charge in [-0.1, -0.05) is 43.3 Å². The molecule has 2 heteroatoms. The molecule has 0 saturated carbocycles.